The fourth-order valence-corrected chi connectivity index (χ4v) is 4.03. The van der Waals surface area contributed by atoms with Gasteiger partial charge < -0.3 is 14.4 Å². The number of ether oxygens (including phenoxy) is 1. The molecular formula is C23H36N5O3+. The Kier molecular flexibility index (Phi) is 8.28. The fourth-order valence-electron chi connectivity index (χ4n) is 4.03. The summed E-state index contributed by atoms with van der Waals surface area (Å²) in [6, 6.07) is 5.34. The molecule has 8 nitrogen and oxygen atoms in total. The van der Waals surface area contributed by atoms with E-state index in [1.807, 2.05) is 25.1 Å². The van der Waals surface area contributed by atoms with Gasteiger partial charge in [-0.2, -0.15) is 4.98 Å². The molecule has 1 saturated heterocycles. The number of nitrogens with two attached hydrogens (primary N) is 2. The van der Waals surface area contributed by atoms with Gasteiger partial charge in [-0.25, -0.2) is 0 Å². The lowest BCUT2D eigenvalue weighted by Crippen LogP contribution is -2.37. The third-order valence-corrected chi connectivity index (χ3v) is 5.83. The molecule has 1 aliphatic heterocycles. The van der Waals surface area contributed by atoms with Gasteiger partial charge in [0.25, 0.3) is 5.89 Å². The topological polar surface area (TPSA) is 123 Å². The van der Waals surface area contributed by atoms with Crippen LogP contribution in [0.5, 0.6) is 5.75 Å². The quantitative estimate of drug-likeness (QED) is 0.284. The molecule has 0 bridgehead atoms. The van der Waals surface area contributed by atoms with Gasteiger partial charge in [-0.3, -0.25) is 16.0 Å². The molecule has 2 heterocycles. The molecule has 1 aromatic carbocycles. The average molecular weight is 431 g/mol. The van der Waals surface area contributed by atoms with Gasteiger partial charge in [-0.15, -0.1) is 0 Å². The molecule has 5 N–H and O–H groups in total. The Bertz CT molecular complexity index is 876. The first-order valence-electron chi connectivity index (χ1n) is 11.4. The van der Waals surface area contributed by atoms with E-state index in [4.69, 9.17) is 20.7 Å². The van der Waals surface area contributed by atoms with E-state index in [0.717, 1.165) is 29.9 Å². The number of unbranched alkanes of at least 4 members (excludes halogenated alkanes) is 6. The summed E-state index contributed by atoms with van der Waals surface area (Å²) in [5.74, 6) is 1.79. The number of aromatic nitrogens is 2. The van der Waals surface area contributed by atoms with E-state index in [1.54, 1.807) is 4.58 Å². The third-order valence-electron chi connectivity index (χ3n) is 5.83. The summed E-state index contributed by atoms with van der Waals surface area (Å²) in [6.45, 7) is 5.53. The lowest BCUT2D eigenvalue weighted by molar-refractivity contribution is -0.560. The van der Waals surface area contributed by atoms with Crippen molar-refractivity contribution in [2.45, 2.75) is 77.4 Å². The van der Waals surface area contributed by atoms with Gasteiger partial charge in [-0.1, -0.05) is 50.6 Å². The predicted molar refractivity (Wildman–Crippen MR) is 120 cm³/mol. The van der Waals surface area contributed by atoms with Crippen LogP contribution in [0, 0.1) is 6.92 Å². The predicted octanol–water partition coefficient (Wildman–Crippen LogP) is 3.27. The fraction of sp³-hybridized carbons (Fsp3) is 0.609. The van der Waals surface area contributed by atoms with Crippen molar-refractivity contribution in [3.05, 3.63) is 29.7 Å². The van der Waals surface area contributed by atoms with Gasteiger partial charge in [0.15, 0.2) is 6.04 Å². The first-order valence-corrected chi connectivity index (χ1v) is 11.4. The molecular weight excluding hydrogens is 394 g/mol. The van der Waals surface area contributed by atoms with Crippen LogP contribution in [0.4, 0.5) is 0 Å². The summed E-state index contributed by atoms with van der Waals surface area (Å²) in [7, 11) is 0. The van der Waals surface area contributed by atoms with Crippen LogP contribution in [0.2, 0.25) is 0 Å². The summed E-state index contributed by atoms with van der Waals surface area (Å²) in [5.41, 5.74) is 13.3. The number of benzene rings is 1. The standard InChI is InChI=1S/C23H35N5O3/c1-3-4-5-6-7-8-9-14-30-19-11-10-17(15-16(19)2)21-26-22(31-27-21)20-18(29)12-13-28(20)23(24)25/h10-11,15,18,20,29H,3-9,12-14H2,1-2H3,(H3,24,25)/p+1/t18-,20?/m0/s1. The van der Waals surface area contributed by atoms with Crippen molar-refractivity contribution in [2.75, 3.05) is 13.2 Å². The zero-order valence-corrected chi connectivity index (χ0v) is 18.7. The van der Waals surface area contributed by atoms with Gasteiger partial charge in [0.1, 0.15) is 5.75 Å². The zero-order valence-electron chi connectivity index (χ0n) is 18.7. The monoisotopic (exact) mass is 430 g/mol. The summed E-state index contributed by atoms with van der Waals surface area (Å²) < 4.78 is 13.1. The Morgan fingerprint density at radius 1 is 1.19 bits per heavy atom. The van der Waals surface area contributed by atoms with Crippen molar-refractivity contribution in [3.8, 4) is 17.1 Å². The normalized spacial score (nSPS) is 18.5. The second-order valence-electron chi connectivity index (χ2n) is 8.33. The number of nitrogens with zero attached hydrogens (tertiary/aromatic N) is 3. The first kappa shape index (κ1) is 23.1. The Morgan fingerprint density at radius 3 is 2.65 bits per heavy atom. The minimum Gasteiger partial charge on any atom is -0.493 e. The minimum absolute atomic E-state index is 0.139. The van der Waals surface area contributed by atoms with Crippen LogP contribution >= 0.6 is 0 Å². The van der Waals surface area contributed by atoms with Crippen LogP contribution in [0.25, 0.3) is 11.4 Å². The van der Waals surface area contributed by atoms with Crippen LogP contribution in [0.15, 0.2) is 22.7 Å². The largest absolute Gasteiger partial charge is 0.493 e. The zero-order chi connectivity index (χ0) is 22.2. The minimum atomic E-state index is -0.653. The molecule has 31 heavy (non-hydrogen) atoms. The second kappa shape index (κ2) is 11.1. The highest BCUT2D eigenvalue weighted by Gasteiger charge is 2.39. The summed E-state index contributed by atoms with van der Waals surface area (Å²) >= 11 is 0. The Balaban J connectivity index is 1.56. The van der Waals surface area contributed by atoms with Crippen molar-refractivity contribution in [1.82, 2.24) is 10.1 Å². The van der Waals surface area contributed by atoms with E-state index in [0.29, 0.717) is 24.7 Å². The third kappa shape index (κ3) is 5.97. The maximum atomic E-state index is 10.3. The molecule has 0 spiro atoms. The van der Waals surface area contributed by atoms with Crippen LogP contribution in [0.3, 0.4) is 0 Å². The Hall–Kier alpha value is -2.61. The van der Waals surface area contributed by atoms with Crippen molar-refractivity contribution in [1.29, 1.82) is 0 Å². The van der Waals surface area contributed by atoms with E-state index >= 15 is 0 Å². The summed E-state index contributed by atoms with van der Waals surface area (Å²) in [6.07, 6.45) is 8.73. The Morgan fingerprint density at radius 2 is 1.94 bits per heavy atom. The van der Waals surface area contributed by atoms with Crippen molar-refractivity contribution < 1.29 is 18.9 Å². The van der Waals surface area contributed by atoms with E-state index in [2.05, 4.69) is 17.1 Å². The first-order chi connectivity index (χ1) is 15.0. The molecule has 0 aliphatic carbocycles. The number of aryl methyl sites for hydroxylation is 1. The van der Waals surface area contributed by atoms with Gasteiger partial charge in [0.2, 0.25) is 5.82 Å². The van der Waals surface area contributed by atoms with Crippen LogP contribution in [-0.4, -0.2) is 45.0 Å². The van der Waals surface area contributed by atoms with Gasteiger partial charge >= 0.3 is 5.96 Å². The molecule has 1 aromatic heterocycles. The maximum absolute atomic E-state index is 10.3. The van der Waals surface area contributed by atoms with Crippen LogP contribution in [-0.2, 0) is 0 Å². The average Bonchev–Trinajstić information content (AvgIpc) is 3.37. The van der Waals surface area contributed by atoms with Crippen molar-refractivity contribution in [2.24, 2.45) is 11.5 Å². The molecule has 0 saturated carbocycles. The van der Waals surface area contributed by atoms with Crippen molar-refractivity contribution >= 4 is 5.96 Å². The number of aliphatic hydroxyl groups is 1. The number of guanidine groups is 1. The molecule has 1 unspecified atom stereocenters. The van der Waals surface area contributed by atoms with E-state index < -0.39 is 12.1 Å². The van der Waals surface area contributed by atoms with Gasteiger partial charge in [0, 0.05) is 12.0 Å². The highest BCUT2D eigenvalue weighted by atomic mass is 16.5. The second-order valence-corrected chi connectivity index (χ2v) is 8.33. The molecule has 3 rings (SSSR count). The maximum Gasteiger partial charge on any atom is 0.341 e. The molecule has 0 amide bonds. The SMILES string of the molecule is CCCCCCCCCOc1ccc(-c2noc(C3[C@@H](O)CC[N+]3=C(N)N)n2)cc1C. The molecule has 1 aliphatic rings. The highest BCUT2D eigenvalue weighted by Crippen LogP contribution is 2.30. The highest BCUT2D eigenvalue weighted by molar-refractivity contribution is 5.70. The van der Waals surface area contributed by atoms with Crippen molar-refractivity contribution in [3.63, 3.8) is 0 Å². The number of hydrogen-bond donors (Lipinski definition) is 3. The van der Waals surface area contributed by atoms with Gasteiger partial charge in [0.05, 0.1) is 19.3 Å². The lowest BCUT2D eigenvalue weighted by atomic mass is 10.1. The van der Waals surface area contributed by atoms with E-state index in [-0.39, 0.29) is 5.96 Å². The molecule has 2 aromatic rings. The van der Waals surface area contributed by atoms with Crippen LogP contribution in [0.1, 0.15) is 75.8 Å². The smallest absolute Gasteiger partial charge is 0.341 e. The molecule has 1 fully saturated rings. The lowest BCUT2D eigenvalue weighted by Gasteiger charge is -2.11. The molecule has 2 atom stereocenters. The molecule has 0 radical (unpaired) electrons. The Labute approximate surface area is 184 Å². The molecule has 8 heteroatoms. The molecule has 170 valence electrons. The van der Waals surface area contributed by atoms with E-state index in [1.165, 1.54) is 38.5 Å². The number of rotatable bonds is 11. The summed E-state index contributed by atoms with van der Waals surface area (Å²) in [5, 5.41) is 14.4. The number of hydrogen-bond acceptors (Lipinski definition) is 5. The van der Waals surface area contributed by atoms with Crippen LogP contribution < -0.4 is 16.2 Å². The van der Waals surface area contributed by atoms with E-state index in [9.17, 15) is 5.11 Å². The van der Waals surface area contributed by atoms with Gasteiger partial charge in [-0.05, 0) is 37.1 Å². The number of aliphatic hydroxyl groups excluding tert-OH is 1. The summed E-state index contributed by atoms with van der Waals surface area (Å²) in [4.78, 5) is 4.49.